The summed E-state index contributed by atoms with van der Waals surface area (Å²) < 4.78 is 5.09. The molecule has 2 rings (SSSR count). The van der Waals surface area contributed by atoms with E-state index >= 15 is 0 Å². The van der Waals surface area contributed by atoms with E-state index in [0.717, 1.165) is 11.3 Å². The predicted molar refractivity (Wildman–Crippen MR) is 84.1 cm³/mol. The van der Waals surface area contributed by atoms with E-state index < -0.39 is 0 Å². The van der Waals surface area contributed by atoms with Gasteiger partial charge in [0, 0.05) is 10.6 Å². The van der Waals surface area contributed by atoms with Crippen molar-refractivity contribution < 1.29 is 9.53 Å². The first-order valence-corrected chi connectivity index (χ1v) is 6.72. The monoisotopic (exact) mass is 302 g/mol. The van der Waals surface area contributed by atoms with Gasteiger partial charge >= 0.3 is 0 Å². The van der Waals surface area contributed by atoms with Gasteiger partial charge in [0.15, 0.2) is 0 Å². The number of rotatable bonds is 4. The molecule has 0 atom stereocenters. The number of ether oxygens (including phenoxy) is 1. The number of methoxy groups -OCH3 is 1. The second kappa shape index (κ2) is 6.90. The Labute approximate surface area is 128 Å². The normalized spacial score (nSPS) is 11.1. The number of hydrogen-bond acceptors (Lipinski definition) is 3. The van der Waals surface area contributed by atoms with Crippen LogP contribution in [0.5, 0.6) is 5.75 Å². The van der Waals surface area contributed by atoms with E-state index in [2.05, 4.69) is 10.5 Å². The number of hydrogen-bond donors (Lipinski definition) is 1. The van der Waals surface area contributed by atoms with Gasteiger partial charge in [-0.25, -0.2) is 5.43 Å². The van der Waals surface area contributed by atoms with Gasteiger partial charge in [0.1, 0.15) is 5.75 Å². The van der Waals surface area contributed by atoms with Crippen molar-refractivity contribution in [2.24, 2.45) is 5.10 Å². The van der Waals surface area contributed by atoms with Crippen LogP contribution in [0.2, 0.25) is 5.02 Å². The van der Waals surface area contributed by atoms with Crippen LogP contribution in [-0.4, -0.2) is 18.7 Å². The van der Waals surface area contributed by atoms with Crippen LogP contribution in [0.1, 0.15) is 22.8 Å². The molecule has 0 bridgehead atoms. The Morgan fingerprint density at radius 3 is 2.48 bits per heavy atom. The quantitative estimate of drug-likeness (QED) is 0.694. The lowest BCUT2D eigenvalue weighted by Crippen LogP contribution is -2.19. The fourth-order valence-corrected chi connectivity index (χ4v) is 1.92. The Bertz CT molecular complexity index is 666. The first-order valence-electron chi connectivity index (χ1n) is 6.35. The van der Waals surface area contributed by atoms with Gasteiger partial charge in [-0.1, -0.05) is 17.7 Å². The molecule has 2 aromatic carbocycles. The molecule has 0 saturated heterocycles. The van der Waals surface area contributed by atoms with E-state index in [4.69, 9.17) is 16.3 Å². The minimum Gasteiger partial charge on any atom is -0.497 e. The summed E-state index contributed by atoms with van der Waals surface area (Å²) in [7, 11) is 1.61. The molecule has 1 N–H and O–H groups in total. The first-order chi connectivity index (χ1) is 10.1. The second-order valence-electron chi connectivity index (χ2n) is 4.38. The summed E-state index contributed by atoms with van der Waals surface area (Å²) in [5.41, 5.74) is 4.59. The Morgan fingerprint density at radius 2 is 1.86 bits per heavy atom. The van der Waals surface area contributed by atoms with Crippen LogP contribution in [0.25, 0.3) is 0 Å². The van der Waals surface area contributed by atoms with Gasteiger partial charge in [-0.05, 0) is 55.0 Å². The van der Waals surface area contributed by atoms with Crippen molar-refractivity contribution in [1.82, 2.24) is 5.43 Å². The maximum Gasteiger partial charge on any atom is 0.271 e. The highest BCUT2D eigenvalue weighted by Gasteiger charge is 2.05. The maximum absolute atomic E-state index is 11.9. The molecule has 4 nitrogen and oxygen atoms in total. The lowest BCUT2D eigenvalue weighted by molar-refractivity contribution is 0.0955. The predicted octanol–water partition coefficient (Wildman–Crippen LogP) is 3.50. The summed E-state index contributed by atoms with van der Waals surface area (Å²) in [6, 6.07) is 14.1. The molecule has 0 aliphatic rings. The molecule has 1 amide bonds. The van der Waals surface area contributed by atoms with Crippen LogP contribution in [0.3, 0.4) is 0 Å². The van der Waals surface area contributed by atoms with Crippen molar-refractivity contribution in [3.05, 3.63) is 64.7 Å². The number of halogens is 1. The third-order valence-electron chi connectivity index (χ3n) is 2.92. The summed E-state index contributed by atoms with van der Waals surface area (Å²) in [6.07, 6.45) is 0. The molecular formula is C16H15ClN2O2. The SMILES string of the molecule is COc1ccc(/C(C)=N/NC(=O)c2cccc(Cl)c2)cc1. The molecule has 0 aromatic heterocycles. The number of benzene rings is 2. The van der Waals surface area contributed by atoms with E-state index in [0.29, 0.717) is 16.3 Å². The number of amides is 1. The van der Waals surface area contributed by atoms with Gasteiger partial charge in [-0.2, -0.15) is 5.10 Å². The lowest BCUT2D eigenvalue weighted by Gasteiger charge is -2.04. The highest BCUT2D eigenvalue weighted by molar-refractivity contribution is 6.30. The van der Waals surface area contributed by atoms with Crippen LogP contribution in [0.15, 0.2) is 53.6 Å². The molecule has 21 heavy (non-hydrogen) atoms. The Kier molecular flexibility index (Phi) is 4.95. The number of hydrazone groups is 1. The van der Waals surface area contributed by atoms with Crippen LogP contribution in [0, 0.1) is 0 Å². The smallest absolute Gasteiger partial charge is 0.271 e. The number of nitrogens with one attached hydrogen (secondary N) is 1. The third-order valence-corrected chi connectivity index (χ3v) is 3.15. The molecule has 2 aromatic rings. The topological polar surface area (TPSA) is 50.7 Å². The summed E-state index contributed by atoms with van der Waals surface area (Å²) in [5.74, 6) is 0.472. The first kappa shape index (κ1) is 15.1. The van der Waals surface area contributed by atoms with E-state index in [9.17, 15) is 4.79 Å². The number of carbonyl (C=O) groups is 1. The standard InChI is InChI=1S/C16H15ClN2O2/c1-11(12-6-8-15(21-2)9-7-12)18-19-16(20)13-4-3-5-14(17)10-13/h3-10H,1-2H3,(H,19,20)/b18-11+. The summed E-state index contributed by atoms with van der Waals surface area (Å²) in [4.78, 5) is 11.9. The lowest BCUT2D eigenvalue weighted by atomic mass is 10.1. The summed E-state index contributed by atoms with van der Waals surface area (Å²) >= 11 is 5.85. The second-order valence-corrected chi connectivity index (χ2v) is 4.81. The minimum absolute atomic E-state index is 0.301. The third kappa shape index (κ3) is 4.07. The van der Waals surface area contributed by atoms with Gasteiger partial charge in [-0.3, -0.25) is 4.79 Å². The number of nitrogens with zero attached hydrogens (tertiary/aromatic N) is 1. The summed E-state index contributed by atoms with van der Waals surface area (Å²) in [5, 5.41) is 4.60. The van der Waals surface area contributed by atoms with Gasteiger partial charge in [-0.15, -0.1) is 0 Å². The number of carbonyl (C=O) groups excluding carboxylic acids is 1. The van der Waals surface area contributed by atoms with Crippen molar-refractivity contribution in [2.45, 2.75) is 6.92 Å². The zero-order chi connectivity index (χ0) is 15.2. The fraction of sp³-hybridized carbons (Fsp3) is 0.125. The van der Waals surface area contributed by atoms with E-state index in [1.807, 2.05) is 31.2 Å². The fourth-order valence-electron chi connectivity index (χ4n) is 1.73. The molecule has 0 spiro atoms. The van der Waals surface area contributed by atoms with Crippen molar-refractivity contribution in [2.75, 3.05) is 7.11 Å². The molecule has 0 heterocycles. The van der Waals surface area contributed by atoms with Crippen molar-refractivity contribution >= 4 is 23.2 Å². The zero-order valence-corrected chi connectivity index (χ0v) is 12.5. The minimum atomic E-state index is -0.301. The molecule has 0 radical (unpaired) electrons. The largest absolute Gasteiger partial charge is 0.497 e. The van der Waals surface area contributed by atoms with Gasteiger partial charge in [0.25, 0.3) is 5.91 Å². The van der Waals surface area contributed by atoms with Crippen molar-refractivity contribution in [3.63, 3.8) is 0 Å². The Hall–Kier alpha value is -2.33. The zero-order valence-electron chi connectivity index (χ0n) is 11.8. The molecule has 0 fully saturated rings. The summed E-state index contributed by atoms with van der Waals surface area (Å²) in [6.45, 7) is 1.82. The molecule has 0 aliphatic carbocycles. The molecule has 0 saturated carbocycles. The molecular weight excluding hydrogens is 288 g/mol. The Morgan fingerprint density at radius 1 is 1.14 bits per heavy atom. The van der Waals surface area contributed by atoms with Gasteiger partial charge in [0.05, 0.1) is 12.8 Å². The van der Waals surface area contributed by atoms with Crippen LogP contribution < -0.4 is 10.2 Å². The van der Waals surface area contributed by atoms with Gasteiger partial charge < -0.3 is 4.74 Å². The average Bonchev–Trinajstić information content (AvgIpc) is 2.52. The van der Waals surface area contributed by atoms with E-state index in [-0.39, 0.29) is 5.91 Å². The molecule has 108 valence electrons. The highest BCUT2D eigenvalue weighted by atomic mass is 35.5. The molecule has 5 heteroatoms. The maximum atomic E-state index is 11.9. The van der Waals surface area contributed by atoms with Crippen LogP contribution in [-0.2, 0) is 0 Å². The molecule has 0 unspecified atom stereocenters. The van der Waals surface area contributed by atoms with E-state index in [1.54, 1.807) is 31.4 Å². The molecule has 0 aliphatic heterocycles. The Balaban J connectivity index is 2.07. The van der Waals surface area contributed by atoms with E-state index in [1.165, 1.54) is 0 Å². The highest BCUT2D eigenvalue weighted by Crippen LogP contribution is 2.12. The average molecular weight is 303 g/mol. The van der Waals surface area contributed by atoms with Gasteiger partial charge in [0.2, 0.25) is 0 Å². The van der Waals surface area contributed by atoms with Crippen LogP contribution in [0.4, 0.5) is 0 Å². The van der Waals surface area contributed by atoms with Crippen molar-refractivity contribution in [1.29, 1.82) is 0 Å². The van der Waals surface area contributed by atoms with Crippen molar-refractivity contribution in [3.8, 4) is 5.75 Å². The van der Waals surface area contributed by atoms with Crippen LogP contribution >= 0.6 is 11.6 Å².